The summed E-state index contributed by atoms with van der Waals surface area (Å²) >= 11 is 1.48. The Labute approximate surface area is 155 Å². The first-order valence-corrected chi connectivity index (χ1v) is 9.38. The Morgan fingerprint density at radius 2 is 2.00 bits per heavy atom. The molecule has 3 aromatic rings. The molecule has 26 heavy (non-hydrogen) atoms. The van der Waals surface area contributed by atoms with Crippen molar-refractivity contribution in [2.24, 2.45) is 12.8 Å². The summed E-state index contributed by atoms with van der Waals surface area (Å²) in [6.07, 6.45) is 1.81. The van der Waals surface area contributed by atoms with Crippen molar-refractivity contribution in [1.82, 2.24) is 24.6 Å². The van der Waals surface area contributed by atoms with Gasteiger partial charge >= 0.3 is 0 Å². The number of nitrogens with zero attached hydrogens (tertiary/aromatic N) is 6. The number of hydrogen-bond acceptors (Lipinski definition) is 7. The molecule has 2 N–H and O–H groups in total. The van der Waals surface area contributed by atoms with Gasteiger partial charge in [0.15, 0.2) is 5.65 Å². The summed E-state index contributed by atoms with van der Waals surface area (Å²) in [5.41, 5.74) is 6.48. The van der Waals surface area contributed by atoms with Crippen LogP contribution in [0, 0.1) is 6.92 Å². The predicted molar refractivity (Wildman–Crippen MR) is 101 cm³/mol. The fourth-order valence-electron chi connectivity index (χ4n) is 3.23. The van der Waals surface area contributed by atoms with Gasteiger partial charge in [-0.15, -0.1) is 11.3 Å². The first kappa shape index (κ1) is 16.9. The molecule has 0 saturated carbocycles. The lowest BCUT2D eigenvalue weighted by Crippen LogP contribution is -2.49. The van der Waals surface area contributed by atoms with E-state index < -0.39 is 0 Å². The van der Waals surface area contributed by atoms with Gasteiger partial charge in [0.25, 0.3) is 5.91 Å². The number of fused-ring (bicyclic) bond motifs is 1. The van der Waals surface area contributed by atoms with E-state index in [1.807, 2.05) is 37.2 Å². The van der Waals surface area contributed by atoms with Crippen LogP contribution in [-0.4, -0.2) is 56.7 Å². The average Bonchev–Trinajstić information content (AvgIpc) is 3.28. The summed E-state index contributed by atoms with van der Waals surface area (Å²) in [4.78, 5) is 27.7. The van der Waals surface area contributed by atoms with Gasteiger partial charge in [0.05, 0.1) is 16.5 Å². The summed E-state index contributed by atoms with van der Waals surface area (Å²) in [5.74, 6) is 1.71. The van der Waals surface area contributed by atoms with Crippen molar-refractivity contribution in [2.45, 2.75) is 13.5 Å². The highest BCUT2D eigenvalue weighted by Crippen LogP contribution is 2.25. The number of amides is 1. The number of carbonyl (C=O) groups excluding carboxylic acids is 1. The van der Waals surface area contributed by atoms with Gasteiger partial charge in [-0.1, -0.05) is 0 Å². The van der Waals surface area contributed by atoms with Gasteiger partial charge in [0, 0.05) is 44.6 Å². The molecule has 0 spiro atoms. The lowest BCUT2D eigenvalue weighted by molar-refractivity contribution is 0.0751. The van der Waals surface area contributed by atoms with E-state index in [0.29, 0.717) is 19.6 Å². The lowest BCUT2D eigenvalue weighted by Gasteiger charge is -2.35. The maximum atomic E-state index is 12.7. The zero-order valence-corrected chi connectivity index (χ0v) is 15.7. The van der Waals surface area contributed by atoms with Crippen molar-refractivity contribution in [2.75, 3.05) is 31.1 Å². The molecule has 4 rings (SSSR count). The third-order valence-corrected chi connectivity index (χ3v) is 5.72. The van der Waals surface area contributed by atoms with E-state index in [1.54, 1.807) is 4.68 Å². The molecule has 1 fully saturated rings. The zero-order chi connectivity index (χ0) is 18.3. The standard InChI is InChI=1S/C17H21N7OS/c1-11-20-15-13(10-19-22(15)2)16(21-11)23-5-7-24(8-6-23)17(25)14-4-3-12(9-18)26-14/h3-4,10H,5-9,18H2,1-2H3. The van der Waals surface area contributed by atoms with Gasteiger partial charge in [0.2, 0.25) is 0 Å². The first-order chi connectivity index (χ1) is 12.6. The highest BCUT2D eigenvalue weighted by Gasteiger charge is 2.25. The minimum absolute atomic E-state index is 0.0831. The number of nitrogens with two attached hydrogens (primary N) is 1. The molecule has 8 nitrogen and oxygen atoms in total. The molecule has 1 amide bonds. The molecule has 0 unspecified atom stereocenters. The van der Waals surface area contributed by atoms with Crippen LogP contribution in [0.2, 0.25) is 0 Å². The number of hydrogen-bond donors (Lipinski definition) is 1. The maximum Gasteiger partial charge on any atom is 0.264 e. The summed E-state index contributed by atoms with van der Waals surface area (Å²) in [6, 6.07) is 3.80. The second-order valence-corrected chi connectivity index (χ2v) is 7.52. The molecular weight excluding hydrogens is 350 g/mol. The first-order valence-electron chi connectivity index (χ1n) is 8.56. The van der Waals surface area contributed by atoms with Crippen LogP contribution in [-0.2, 0) is 13.6 Å². The monoisotopic (exact) mass is 371 g/mol. The average molecular weight is 371 g/mol. The SMILES string of the molecule is Cc1nc(N2CCN(C(=O)c3ccc(CN)s3)CC2)c2cnn(C)c2n1. The van der Waals surface area contributed by atoms with Crippen LogP contribution in [0.1, 0.15) is 20.4 Å². The Morgan fingerprint density at radius 3 is 2.69 bits per heavy atom. The van der Waals surface area contributed by atoms with Gasteiger partial charge in [-0.2, -0.15) is 5.10 Å². The molecule has 3 aromatic heterocycles. The van der Waals surface area contributed by atoms with E-state index in [2.05, 4.69) is 20.0 Å². The Bertz CT molecular complexity index is 955. The number of rotatable bonds is 3. The minimum Gasteiger partial charge on any atom is -0.352 e. The van der Waals surface area contributed by atoms with Gasteiger partial charge in [0.1, 0.15) is 11.6 Å². The van der Waals surface area contributed by atoms with Crippen LogP contribution in [0.5, 0.6) is 0 Å². The third kappa shape index (κ3) is 2.93. The zero-order valence-electron chi connectivity index (χ0n) is 14.8. The fraction of sp³-hybridized carbons (Fsp3) is 0.412. The molecule has 136 valence electrons. The maximum absolute atomic E-state index is 12.7. The molecule has 0 bridgehead atoms. The lowest BCUT2D eigenvalue weighted by atomic mass is 10.2. The largest absolute Gasteiger partial charge is 0.352 e. The second kappa shape index (κ2) is 6.65. The molecule has 1 saturated heterocycles. The Balaban J connectivity index is 1.51. The Morgan fingerprint density at radius 1 is 1.23 bits per heavy atom. The third-order valence-electron chi connectivity index (χ3n) is 4.62. The Hall–Kier alpha value is -2.52. The van der Waals surface area contributed by atoms with Gasteiger partial charge in [-0.3, -0.25) is 9.48 Å². The number of aryl methyl sites for hydroxylation is 2. The number of piperazine rings is 1. The highest BCUT2D eigenvalue weighted by atomic mass is 32.1. The molecule has 0 atom stereocenters. The molecule has 9 heteroatoms. The van der Waals surface area contributed by atoms with Crippen molar-refractivity contribution in [3.05, 3.63) is 33.9 Å². The summed E-state index contributed by atoms with van der Waals surface area (Å²) in [7, 11) is 1.88. The van der Waals surface area contributed by atoms with Crippen LogP contribution >= 0.6 is 11.3 Å². The summed E-state index contributed by atoms with van der Waals surface area (Å²) in [5, 5.41) is 5.25. The fourth-order valence-corrected chi connectivity index (χ4v) is 4.09. The molecule has 1 aliphatic rings. The van der Waals surface area contributed by atoms with Crippen LogP contribution in [0.25, 0.3) is 11.0 Å². The van der Waals surface area contributed by atoms with Crippen LogP contribution < -0.4 is 10.6 Å². The van der Waals surface area contributed by atoms with E-state index in [1.165, 1.54) is 11.3 Å². The topological polar surface area (TPSA) is 93.2 Å². The predicted octanol–water partition coefficient (Wildman–Crippen LogP) is 1.15. The van der Waals surface area contributed by atoms with Gasteiger partial charge in [-0.25, -0.2) is 9.97 Å². The number of carbonyl (C=O) groups is 1. The smallest absolute Gasteiger partial charge is 0.264 e. The molecule has 0 aliphatic carbocycles. The van der Waals surface area contributed by atoms with E-state index in [-0.39, 0.29) is 5.91 Å². The van der Waals surface area contributed by atoms with Crippen molar-refractivity contribution in [3.63, 3.8) is 0 Å². The highest BCUT2D eigenvalue weighted by molar-refractivity contribution is 7.14. The quantitative estimate of drug-likeness (QED) is 0.742. The molecule has 0 aromatic carbocycles. The van der Waals surface area contributed by atoms with E-state index in [9.17, 15) is 4.79 Å². The van der Waals surface area contributed by atoms with Crippen molar-refractivity contribution in [1.29, 1.82) is 0 Å². The number of thiophene rings is 1. The number of anilines is 1. The normalized spacial score (nSPS) is 15.0. The number of aromatic nitrogens is 4. The second-order valence-electron chi connectivity index (χ2n) is 6.35. The van der Waals surface area contributed by atoms with Gasteiger partial charge < -0.3 is 15.5 Å². The van der Waals surface area contributed by atoms with Crippen molar-refractivity contribution < 1.29 is 4.79 Å². The van der Waals surface area contributed by atoms with Crippen molar-refractivity contribution >= 4 is 34.1 Å². The van der Waals surface area contributed by atoms with Crippen LogP contribution in [0.4, 0.5) is 5.82 Å². The summed E-state index contributed by atoms with van der Waals surface area (Å²) < 4.78 is 1.76. The molecular formula is C17H21N7OS. The van der Waals surface area contributed by atoms with E-state index in [4.69, 9.17) is 5.73 Å². The van der Waals surface area contributed by atoms with Gasteiger partial charge in [-0.05, 0) is 19.1 Å². The van der Waals surface area contributed by atoms with E-state index in [0.717, 1.165) is 45.5 Å². The molecule has 4 heterocycles. The van der Waals surface area contributed by atoms with Crippen LogP contribution in [0.15, 0.2) is 18.3 Å². The summed E-state index contributed by atoms with van der Waals surface area (Å²) in [6.45, 7) is 5.17. The molecule has 1 aliphatic heterocycles. The van der Waals surface area contributed by atoms with Crippen LogP contribution in [0.3, 0.4) is 0 Å². The minimum atomic E-state index is 0.0831. The van der Waals surface area contributed by atoms with E-state index >= 15 is 0 Å². The van der Waals surface area contributed by atoms with Crippen molar-refractivity contribution in [3.8, 4) is 0 Å². The Kier molecular flexibility index (Phi) is 4.33. The molecule has 0 radical (unpaired) electrons.